The number of ether oxygens (including phenoxy) is 2. The van der Waals surface area contributed by atoms with Gasteiger partial charge in [-0.1, -0.05) is 36.4 Å². The van der Waals surface area contributed by atoms with Gasteiger partial charge < -0.3 is 14.4 Å². The second kappa shape index (κ2) is 7.60. The number of nitrogens with zero attached hydrogens (tertiary/aromatic N) is 1. The molecule has 2 aromatic carbocycles. The van der Waals surface area contributed by atoms with Gasteiger partial charge in [0.1, 0.15) is 0 Å². The topological polar surface area (TPSA) is 38.8 Å². The fourth-order valence-electron chi connectivity index (χ4n) is 3.71. The highest BCUT2D eigenvalue weighted by molar-refractivity contribution is 5.73. The molecule has 0 saturated carbocycles. The van der Waals surface area contributed by atoms with E-state index in [0.29, 0.717) is 6.54 Å². The molecule has 0 unspecified atom stereocenters. The Morgan fingerprint density at radius 2 is 1.88 bits per heavy atom. The number of carbonyl (C=O) groups is 1. The molecule has 0 aromatic heterocycles. The smallest absolute Gasteiger partial charge is 0.220 e. The van der Waals surface area contributed by atoms with E-state index in [1.54, 1.807) is 21.1 Å². The molecule has 25 heavy (non-hydrogen) atoms. The van der Waals surface area contributed by atoms with Crippen molar-refractivity contribution in [3.8, 4) is 11.5 Å². The predicted molar refractivity (Wildman–Crippen MR) is 98.0 cm³/mol. The lowest BCUT2D eigenvalue weighted by molar-refractivity contribution is -0.132. The summed E-state index contributed by atoms with van der Waals surface area (Å²) >= 11 is 0. The van der Waals surface area contributed by atoms with Gasteiger partial charge in [0.25, 0.3) is 0 Å². The van der Waals surface area contributed by atoms with Crippen LogP contribution in [0.25, 0.3) is 0 Å². The van der Waals surface area contributed by atoms with E-state index in [1.807, 2.05) is 29.2 Å². The highest BCUT2D eigenvalue weighted by Crippen LogP contribution is 2.38. The quantitative estimate of drug-likeness (QED) is 0.835. The second-order valence-electron chi connectivity index (χ2n) is 6.47. The molecule has 2 aromatic rings. The zero-order chi connectivity index (χ0) is 17.8. The van der Waals surface area contributed by atoms with E-state index >= 15 is 0 Å². The van der Waals surface area contributed by atoms with Crippen LogP contribution in [0.5, 0.6) is 11.5 Å². The summed E-state index contributed by atoms with van der Waals surface area (Å²) < 4.78 is 11.0. The lowest BCUT2D eigenvalue weighted by Crippen LogP contribution is -2.41. The van der Waals surface area contributed by atoms with Crippen LogP contribution in [0.1, 0.15) is 30.0 Å². The third kappa shape index (κ3) is 3.63. The Morgan fingerprint density at radius 3 is 2.52 bits per heavy atom. The van der Waals surface area contributed by atoms with Crippen LogP contribution >= 0.6 is 0 Å². The highest BCUT2D eigenvalue weighted by atomic mass is 16.5. The van der Waals surface area contributed by atoms with Gasteiger partial charge in [-0.3, -0.25) is 4.79 Å². The average molecular weight is 339 g/mol. The largest absolute Gasteiger partial charge is 0.493 e. The SMILES string of the molecule is COc1ccc2c(c1OC)CC[C@H](N(Cc1ccccc1)C(C)=O)C2. The van der Waals surface area contributed by atoms with Crippen LogP contribution < -0.4 is 9.47 Å². The van der Waals surface area contributed by atoms with Gasteiger partial charge in [-0.2, -0.15) is 0 Å². The van der Waals surface area contributed by atoms with Gasteiger partial charge in [0, 0.05) is 25.1 Å². The van der Waals surface area contributed by atoms with Crippen molar-refractivity contribution < 1.29 is 14.3 Å². The Hall–Kier alpha value is -2.49. The second-order valence-corrected chi connectivity index (χ2v) is 6.47. The molecule has 4 nitrogen and oxygen atoms in total. The van der Waals surface area contributed by atoms with Gasteiger partial charge >= 0.3 is 0 Å². The molecule has 0 radical (unpaired) electrons. The third-order valence-electron chi connectivity index (χ3n) is 4.97. The van der Waals surface area contributed by atoms with Crippen molar-refractivity contribution in [2.24, 2.45) is 0 Å². The minimum absolute atomic E-state index is 0.123. The van der Waals surface area contributed by atoms with Gasteiger partial charge in [0.2, 0.25) is 5.91 Å². The Bertz CT molecular complexity index is 742. The number of methoxy groups -OCH3 is 2. The lowest BCUT2D eigenvalue weighted by atomic mass is 9.86. The average Bonchev–Trinajstić information content (AvgIpc) is 2.65. The van der Waals surface area contributed by atoms with E-state index in [-0.39, 0.29) is 11.9 Å². The van der Waals surface area contributed by atoms with Crippen LogP contribution in [-0.4, -0.2) is 31.1 Å². The summed E-state index contributed by atoms with van der Waals surface area (Å²) in [6, 6.07) is 14.4. The van der Waals surface area contributed by atoms with Crippen molar-refractivity contribution >= 4 is 5.91 Å². The van der Waals surface area contributed by atoms with Crippen molar-refractivity contribution in [1.29, 1.82) is 0 Å². The van der Waals surface area contributed by atoms with Crippen LogP contribution in [0.4, 0.5) is 0 Å². The molecule has 0 saturated heterocycles. The van der Waals surface area contributed by atoms with Gasteiger partial charge in [-0.15, -0.1) is 0 Å². The van der Waals surface area contributed by atoms with E-state index in [0.717, 1.165) is 36.3 Å². The minimum atomic E-state index is 0.123. The van der Waals surface area contributed by atoms with Gasteiger partial charge in [0.05, 0.1) is 14.2 Å². The van der Waals surface area contributed by atoms with Crippen LogP contribution in [0.3, 0.4) is 0 Å². The number of hydrogen-bond donors (Lipinski definition) is 0. The van der Waals surface area contributed by atoms with E-state index in [1.165, 1.54) is 11.1 Å². The zero-order valence-electron chi connectivity index (χ0n) is 15.1. The maximum Gasteiger partial charge on any atom is 0.220 e. The summed E-state index contributed by atoms with van der Waals surface area (Å²) in [6.45, 7) is 2.32. The van der Waals surface area contributed by atoms with Gasteiger partial charge in [0.15, 0.2) is 11.5 Å². The van der Waals surface area contributed by atoms with Crippen LogP contribution in [0.2, 0.25) is 0 Å². The zero-order valence-corrected chi connectivity index (χ0v) is 15.1. The first-order chi connectivity index (χ1) is 12.1. The molecular weight excluding hydrogens is 314 g/mol. The Labute approximate surface area is 149 Å². The molecule has 4 heteroatoms. The lowest BCUT2D eigenvalue weighted by Gasteiger charge is -2.35. The van der Waals surface area contributed by atoms with Crippen molar-refractivity contribution in [3.05, 3.63) is 59.2 Å². The first-order valence-corrected chi connectivity index (χ1v) is 8.68. The fourth-order valence-corrected chi connectivity index (χ4v) is 3.71. The minimum Gasteiger partial charge on any atom is -0.493 e. The molecule has 0 heterocycles. The maximum atomic E-state index is 12.3. The van der Waals surface area contributed by atoms with Crippen molar-refractivity contribution in [2.75, 3.05) is 14.2 Å². The molecular formula is C21H25NO3. The number of fused-ring (bicyclic) bond motifs is 1. The Kier molecular flexibility index (Phi) is 5.27. The molecule has 1 aliphatic carbocycles. The van der Waals surface area contributed by atoms with Crippen LogP contribution in [0.15, 0.2) is 42.5 Å². The van der Waals surface area contributed by atoms with Crippen molar-refractivity contribution in [3.63, 3.8) is 0 Å². The van der Waals surface area contributed by atoms with Crippen LogP contribution in [-0.2, 0) is 24.2 Å². The molecule has 0 bridgehead atoms. The predicted octanol–water partition coefficient (Wildman–Crippen LogP) is 3.61. The summed E-state index contributed by atoms with van der Waals surface area (Å²) in [7, 11) is 3.34. The van der Waals surface area contributed by atoms with Gasteiger partial charge in [-0.05, 0) is 36.5 Å². The number of rotatable bonds is 5. The molecule has 0 N–H and O–H groups in total. The van der Waals surface area contributed by atoms with E-state index in [4.69, 9.17) is 9.47 Å². The molecule has 0 spiro atoms. The molecule has 132 valence electrons. The molecule has 1 atom stereocenters. The van der Waals surface area contributed by atoms with E-state index < -0.39 is 0 Å². The Balaban J connectivity index is 1.84. The summed E-state index contributed by atoms with van der Waals surface area (Å²) in [5, 5.41) is 0. The number of amides is 1. The number of benzene rings is 2. The monoisotopic (exact) mass is 339 g/mol. The molecule has 1 aliphatic rings. The molecule has 0 fully saturated rings. The first kappa shape index (κ1) is 17.3. The van der Waals surface area contributed by atoms with Gasteiger partial charge in [-0.25, -0.2) is 0 Å². The number of carbonyl (C=O) groups excluding carboxylic acids is 1. The van der Waals surface area contributed by atoms with Crippen molar-refractivity contribution in [1.82, 2.24) is 4.90 Å². The third-order valence-corrected chi connectivity index (χ3v) is 4.97. The summed E-state index contributed by atoms with van der Waals surface area (Å²) in [4.78, 5) is 14.3. The van der Waals surface area contributed by atoms with E-state index in [9.17, 15) is 4.79 Å². The van der Waals surface area contributed by atoms with Crippen LogP contribution in [0, 0.1) is 0 Å². The summed E-state index contributed by atoms with van der Waals surface area (Å²) in [5.74, 6) is 1.72. The van der Waals surface area contributed by atoms with Crippen molar-refractivity contribution in [2.45, 2.75) is 38.8 Å². The summed E-state index contributed by atoms with van der Waals surface area (Å²) in [5.41, 5.74) is 3.62. The highest BCUT2D eigenvalue weighted by Gasteiger charge is 2.28. The molecule has 3 rings (SSSR count). The summed E-state index contributed by atoms with van der Waals surface area (Å²) in [6.07, 6.45) is 2.67. The first-order valence-electron chi connectivity index (χ1n) is 8.68. The Morgan fingerprint density at radius 1 is 1.12 bits per heavy atom. The fraction of sp³-hybridized carbons (Fsp3) is 0.381. The van der Waals surface area contributed by atoms with E-state index in [2.05, 4.69) is 18.2 Å². The molecule has 0 aliphatic heterocycles. The normalized spacial score (nSPS) is 16.0. The standard InChI is InChI=1S/C21H25NO3/c1-15(23)22(14-16-7-5-4-6-8-16)18-10-11-19-17(13-18)9-12-20(24-2)21(19)25-3/h4-9,12,18H,10-11,13-14H2,1-3H3/t18-/m0/s1. The molecule has 1 amide bonds. The number of hydrogen-bond acceptors (Lipinski definition) is 3. The maximum absolute atomic E-state index is 12.3.